The molecule has 0 aliphatic rings. The molecule has 0 aliphatic heterocycles. The maximum Gasteiger partial charge on any atom is 0.215 e. The molecular weight excluding hydrogens is 288 g/mol. The first-order valence-corrected chi connectivity index (χ1v) is 7.99. The van der Waals surface area contributed by atoms with Crippen LogP contribution in [0.5, 0.6) is 0 Å². The van der Waals surface area contributed by atoms with Gasteiger partial charge in [-0.15, -0.1) is 0 Å². The molecule has 0 fully saturated rings. The summed E-state index contributed by atoms with van der Waals surface area (Å²) in [6, 6.07) is 2.73. The minimum Gasteiger partial charge on any atom is -0.391 e. The lowest BCUT2D eigenvalue weighted by Crippen LogP contribution is -2.36. The highest BCUT2D eigenvalue weighted by atomic mass is 32.2. The number of rotatable bonds is 7. The van der Waals surface area contributed by atoms with Crippen molar-refractivity contribution in [1.29, 1.82) is 0 Å². The average Bonchev–Trinajstić information content (AvgIpc) is 2.38. The minimum absolute atomic E-state index is 0.0414. The lowest BCUT2D eigenvalue weighted by Gasteiger charge is -2.17. The Bertz CT molecular complexity index is 549. The third-order valence-corrected chi connectivity index (χ3v) is 4.47. The van der Waals surface area contributed by atoms with Crippen molar-refractivity contribution in [3.63, 3.8) is 0 Å². The van der Waals surface area contributed by atoms with Crippen LogP contribution in [0.3, 0.4) is 0 Å². The Kier molecular flexibility index (Phi) is 6.04. The van der Waals surface area contributed by atoms with Crippen molar-refractivity contribution >= 4 is 10.0 Å². The van der Waals surface area contributed by atoms with Crippen molar-refractivity contribution < 1.29 is 22.3 Å². The SMILES string of the molecule is CC[C@@H](C)[C@@H](O)CNS(=O)(=O)Cc1ccc(F)cc1F. The molecule has 0 radical (unpaired) electrons. The molecule has 0 bridgehead atoms. The second-order valence-corrected chi connectivity index (χ2v) is 6.60. The number of sulfonamides is 1. The highest BCUT2D eigenvalue weighted by Crippen LogP contribution is 2.13. The topological polar surface area (TPSA) is 66.4 Å². The van der Waals surface area contributed by atoms with Crippen molar-refractivity contribution in [3.8, 4) is 0 Å². The largest absolute Gasteiger partial charge is 0.391 e. The zero-order chi connectivity index (χ0) is 15.3. The van der Waals surface area contributed by atoms with E-state index in [0.29, 0.717) is 6.07 Å². The van der Waals surface area contributed by atoms with Gasteiger partial charge in [0.1, 0.15) is 11.6 Å². The first-order chi connectivity index (χ1) is 9.25. The van der Waals surface area contributed by atoms with Gasteiger partial charge < -0.3 is 5.11 Å². The number of hydrogen-bond acceptors (Lipinski definition) is 3. The Morgan fingerprint density at radius 2 is 2.00 bits per heavy atom. The zero-order valence-corrected chi connectivity index (χ0v) is 12.3. The van der Waals surface area contributed by atoms with E-state index in [4.69, 9.17) is 0 Å². The Morgan fingerprint density at radius 3 is 2.55 bits per heavy atom. The van der Waals surface area contributed by atoms with Gasteiger partial charge in [-0.2, -0.15) is 0 Å². The first-order valence-electron chi connectivity index (χ1n) is 6.34. The molecule has 0 amide bonds. The lowest BCUT2D eigenvalue weighted by atomic mass is 10.0. The summed E-state index contributed by atoms with van der Waals surface area (Å²) in [5, 5.41) is 9.69. The fourth-order valence-electron chi connectivity index (χ4n) is 1.58. The van der Waals surface area contributed by atoms with E-state index in [-0.39, 0.29) is 18.0 Å². The van der Waals surface area contributed by atoms with E-state index >= 15 is 0 Å². The van der Waals surface area contributed by atoms with E-state index in [9.17, 15) is 22.3 Å². The van der Waals surface area contributed by atoms with E-state index < -0.39 is 33.5 Å². The molecule has 0 heterocycles. The van der Waals surface area contributed by atoms with Crippen molar-refractivity contribution in [1.82, 2.24) is 4.72 Å². The molecule has 114 valence electrons. The van der Waals surface area contributed by atoms with Crippen molar-refractivity contribution in [2.24, 2.45) is 5.92 Å². The summed E-state index contributed by atoms with van der Waals surface area (Å²) in [4.78, 5) is 0. The number of hydrogen-bond donors (Lipinski definition) is 2. The summed E-state index contributed by atoms with van der Waals surface area (Å²) < 4.78 is 51.9. The highest BCUT2D eigenvalue weighted by molar-refractivity contribution is 7.88. The molecule has 1 aromatic carbocycles. The van der Waals surface area contributed by atoms with E-state index in [1.807, 2.05) is 6.92 Å². The van der Waals surface area contributed by atoms with Gasteiger partial charge in [0.2, 0.25) is 10.0 Å². The highest BCUT2D eigenvalue weighted by Gasteiger charge is 2.18. The normalized spacial score (nSPS) is 15.1. The first kappa shape index (κ1) is 17.0. The zero-order valence-electron chi connectivity index (χ0n) is 11.4. The van der Waals surface area contributed by atoms with Gasteiger partial charge in [0.25, 0.3) is 0 Å². The fourth-order valence-corrected chi connectivity index (χ4v) is 2.75. The van der Waals surface area contributed by atoms with Gasteiger partial charge in [-0.1, -0.05) is 26.3 Å². The van der Waals surface area contributed by atoms with Crippen LogP contribution in [0, 0.1) is 17.6 Å². The molecule has 2 N–H and O–H groups in total. The van der Waals surface area contributed by atoms with Gasteiger partial charge in [-0.05, 0) is 12.0 Å². The number of aliphatic hydroxyl groups is 1. The standard InChI is InChI=1S/C13H19F2NO3S/c1-3-9(2)13(17)7-16-20(18,19)8-10-4-5-11(14)6-12(10)15/h4-6,9,13,16-17H,3,7-8H2,1-2H3/t9-,13+/m1/s1. The molecule has 4 nitrogen and oxygen atoms in total. The van der Waals surface area contributed by atoms with Crippen LogP contribution < -0.4 is 4.72 Å². The number of nitrogens with one attached hydrogen (secondary N) is 1. The summed E-state index contributed by atoms with van der Waals surface area (Å²) >= 11 is 0. The summed E-state index contributed by atoms with van der Waals surface area (Å²) in [6.45, 7) is 3.56. The van der Waals surface area contributed by atoms with Crippen LogP contribution in [0.15, 0.2) is 18.2 Å². The van der Waals surface area contributed by atoms with Gasteiger partial charge >= 0.3 is 0 Å². The maximum absolute atomic E-state index is 13.4. The van der Waals surface area contributed by atoms with Crippen LogP contribution in [0.4, 0.5) is 8.78 Å². The minimum atomic E-state index is -3.78. The molecule has 0 aromatic heterocycles. The molecule has 0 saturated carbocycles. The molecule has 7 heteroatoms. The second-order valence-electron chi connectivity index (χ2n) is 4.80. The van der Waals surface area contributed by atoms with Crippen molar-refractivity contribution in [3.05, 3.63) is 35.4 Å². The molecule has 0 saturated heterocycles. The third kappa shape index (κ3) is 5.15. The molecule has 0 aliphatic carbocycles. The van der Waals surface area contributed by atoms with Gasteiger partial charge in [-0.25, -0.2) is 21.9 Å². The third-order valence-electron chi connectivity index (χ3n) is 3.17. The molecule has 20 heavy (non-hydrogen) atoms. The summed E-state index contributed by atoms with van der Waals surface area (Å²) in [5.41, 5.74) is -0.114. The van der Waals surface area contributed by atoms with Crippen LogP contribution in [0.25, 0.3) is 0 Å². The Labute approximate surface area is 117 Å². The summed E-state index contributed by atoms with van der Waals surface area (Å²) in [5.74, 6) is -2.30. The Morgan fingerprint density at radius 1 is 1.35 bits per heavy atom. The molecule has 1 aromatic rings. The number of aliphatic hydroxyl groups excluding tert-OH is 1. The van der Waals surface area contributed by atoms with Gasteiger partial charge in [0.15, 0.2) is 0 Å². The van der Waals surface area contributed by atoms with E-state index in [0.717, 1.165) is 18.6 Å². The Hall–Kier alpha value is -1.05. The molecular formula is C13H19F2NO3S. The van der Waals surface area contributed by atoms with Gasteiger partial charge in [-0.3, -0.25) is 0 Å². The van der Waals surface area contributed by atoms with Crippen LogP contribution in [-0.2, 0) is 15.8 Å². The quantitative estimate of drug-likeness (QED) is 0.807. The van der Waals surface area contributed by atoms with Crippen LogP contribution in [0.2, 0.25) is 0 Å². The van der Waals surface area contributed by atoms with Crippen molar-refractivity contribution in [2.75, 3.05) is 6.54 Å². The van der Waals surface area contributed by atoms with E-state index in [2.05, 4.69) is 4.72 Å². The smallest absolute Gasteiger partial charge is 0.215 e. The van der Waals surface area contributed by atoms with Crippen LogP contribution in [-0.4, -0.2) is 26.2 Å². The average molecular weight is 307 g/mol. The number of benzene rings is 1. The monoisotopic (exact) mass is 307 g/mol. The predicted octanol–water partition coefficient (Wildman–Crippen LogP) is 1.79. The van der Waals surface area contributed by atoms with Crippen LogP contribution in [0.1, 0.15) is 25.8 Å². The summed E-state index contributed by atoms with van der Waals surface area (Å²) in [7, 11) is -3.78. The molecule has 2 atom stereocenters. The summed E-state index contributed by atoms with van der Waals surface area (Å²) in [6.07, 6.45) is -0.0806. The van der Waals surface area contributed by atoms with Crippen LogP contribution >= 0.6 is 0 Å². The molecule has 0 unspecified atom stereocenters. The van der Waals surface area contributed by atoms with Gasteiger partial charge in [0, 0.05) is 18.2 Å². The number of halogens is 2. The lowest BCUT2D eigenvalue weighted by molar-refractivity contribution is 0.118. The van der Waals surface area contributed by atoms with E-state index in [1.165, 1.54) is 0 Å². The van der Waals surface area contributed by atoms with Gasteiger partial charge in [0.05, 0.1) is 11.9 Å². The fraction of sp³-hybridized carbons (Fsp3) is 0.538. The van der Waals surface area contributed by atoms with Crippen molar-refractivity contribution in [2.45, 2.75) is 32.1 Å². The Balaban J connectivity index is 2.66. The molecule has 1 rings (SSSR count). The molecule has 0 spiro atoms. The second kappa shape index (κ2) is 7.10. The maximum atomic E-state index is 13.4. The predicted molar refractivity (Wildman–Crippen MR) is 72.4 cm³/mol. The van der Waals surface area contributed by atoms with E-state index in [1.54, 1.807) is 6.92 Å².